The highest BCUT2D eigenvalue weighted by molar-refractivity contribution is 5.89. The summed E-state index contributed by atoms with van der Waals surface area (Å²) >= 11 is 0. The van der Waals surface area contributed by atoms with Crippen molar-refractivity contribution >= 4 is 17.6 Å². The SMILES string of the molecule is CC(C)(C)c1ccc(OCCNC(=O)Nc2cc(F)cc(CNC(=O)C(F)(F)F)c2)cc1. The van der Waals surface area contributed by atoms with Gasteiger partial charge in [-0.15, -0.1) is 0 Å². The van der Waals surface area contributed by atoms with Crippen molar-refractivity contribution in [1.29, 1.82) is 0 Å². The maximum absolute atomic E-state index is 13.7. The van der Waals surface area contributed by atoms with Crippen LogP contribution in [0.25, 0.3) is 0 Å². The van der Waals surface area contributed by atoms with Gasteiger partial charge in [0.15, 0.2) is 0 Å². The van der Waals surface area contributed by atoms with Crippen LogP contribution in [0.3, 0.4) is 0 Å². The van der Waals surface area contributed by atoms with E-state index in [-0.39, 0.29) is 29.8 Å². The molecule has 6 nitrogen and oxygen atoms in total. The summed E-state index contributed by atoms with van der Waals surface area (Å²) in [6, 6.07) is 10.2. The first-order chi connectivity index (χ1) is 14.8. The first-order valence-electron chi connectivity index (χ1n) is 9.77. The Labute approximate surface area is 183 Å². The van der Waals surface area contributed by atoms with Crippen LogP contribution in [0.4, 0.5) is 28.0 Å². The van der Waals surface area contributed by atoms with Crippen molar-refractivity contribution in [1.82, 2.24) is 10.6 Å². The molecule has 2 aromatic carbocycles. The Morgan fingerprint density at radius 2 is 1.62 bits per heavy atom. The second kappa shape index (κ2) is 10.3. The normalized spacial score (nSPS) is 11.6. The minimum Gasteiger partial charge on any atom is -0.492 e. The summed E-state index contributed by atoms with van der Waals surface area (Å²) in [6.45, 7) is 6.12. The zero-order chi connectivity index (χ0) is 23.9. The summed E-state index contributed by atoms with van der Waals surface area (Å²) in [4.78, 5) is 22.9. The number of benzene rings is 2. The van der Waals surface area contributed by atoms with Gasteiger partial charge in [-0.1, -0.05) is 32.9 Å². The van der Waals surface area contributed by atoms with E-state index in [9.17, 15) is 27.2 Å². The zero-order valence-electron chi connectivity index (χ0n) is 17.9. The molecule has 10 heteroatoms. The highest BCUT2D eigenvalue weighted by Crippen LogP contribution is 2.24. The molecule has 0 saturated carbocycles. The lowest BCUT2D eigenvalue weighted by atomic mass is 9.87. The molecule has 0 saturated heterocycles. The number of anilines is 1. The molecule has 174 valence electrons. The second-order valence-electron chi connectivity index (χ2n) is 8.03. The topological polar surface area (TPSA) is 79.5 Å². The van der Waals surface area contributed by atoms with E-state index in [4.69, 9.17) is 4.74 Å². The fourth-order valence-electron chi connectivity index (χ4n) is 2.67. The Hall–Kier alpha value is -3.30. The fourth-order valence-corrected chi connectivity index (χ4v) is 2.67. The van der Waals surface area contributed by atoms with Crippen molar-refractivity contribution in [2.24, 2.45) is 0 Å². The van der Waals surface area contributed by atoms with Gasteiger partial charge in [-0.25, -0.2) is 9.18 Å². The van der Waals surface area contributed by atoms with Crippen molar-refractivity contribution < 1.29 is 31.9 Å². The quantitative estimate of drug-likeness (QED) is 0.425. The molecule has 32 heavy (non-hydrogen) atoms. The molecule has 0 aliphatic heterocycles. The minimum atomic E-state index is -5.04. The number of urea groups is 1. The first kappa shape index (κ1) is 25.0. The molecule has 0 heterocycles. The van der Waals surface area contributed by atoms with Crippen molar-refractivity contribution in [3.8, 4) is 5.75 Å². The van der Waals surface area contributed by atoms with Crippen molar-refractivity contribution in [2.75, 3.05) is 18.5 Å². The molecule has 0 aromatic heterocycles. The van der Waals surface area contributed by atoms with Crippen LogP contribution in [0, 0.1) is 5.82 Å². The Balaban J connectivity index is 1.80. The highest BCUT2D eigenvalue weighted by atomic mass is 19.4. The van der Waals surface area contributed by atoms with Gasteiger partial charge in [0.2, 0.25) is 0 Å². The molecule has 0 aliphatic carbocycles. The van der Waals surface area contributed by atoms with Crippen LogP contribution in [-0.4, -0.2) is 31.3 Å². The molecular weight excluding hydrogens is 430 g/mol. The van der Waals surface area contributed by atoms with Gasteiger partial charge < -0.3 is 20.7 Å². The largest absolute Gasteiger partial charge is 0.492 e. The third kappa shape index (κ3) is 8.09. The van der Waals surface area contributed by atoms with Crippen LogP contribution in [0.15, 0.2) is 42.5 Å². The Kier molecular flexibility index (Phi) is 8.07. The van der Waals surface area contributed by atoms with Crippen LogP contribution in [0.5, 0.6) is 5.75 Å². The van der Waals surface area contributed by atoms with Gasteiger partial charge >= 0.3 is 18.1 Å². The van der Waals surface area contributed by atoms with Crippen LogP contribution in [0.1, 0.15) is 31.9 Å². The summed E-state index contributed by atoms with van der Waals surface area (Å²) in [5, 5.41) is 6.55. The number of hydrogen-bond acceptors (Lipinski definition) is 3. The lowest BCUT2D eigenvalue weighted by Gasteiger charge is -2.19. The van der Waals surface area contributed by atoms with E-state index in [1.54, 1.807) is 5.32 Å². The molecule has 3 N–H and O–H groups in total. The van der Waals surface area contributed by atoms with Gasteiger partial charge in [-0.05, 0) is 46.9 Å². The first-order valence-corrected chi connectivity index (χ1v) is 9.77. The molecule has 0 aliphatic rings. The third-order valence-electron chi connectivity index (χ3n) is 4.30. The van der Waals surface area contributed by atoms with E-state index in [0.29, 0.717) is 5.75 Å². The van der Waals surface area contributed by atoms with Crippen molar-refractivity contribution in [3.63, 3.8) is 0 Å². The van der Waals surface area contributed by atoms with E-state index in [2.05, 4.69) is 31.4 Å². The molecule has 0 bridgehead atoms. The number of hydrogen-bond donors (Lipinski definition) is 3. The number of amides is 3. The zero-order valence-corrected chi connectivity index (χ0v) is 17.9. The van der Waals surface area contributed by atoms with E-state index >= 15 is 0 Å². The molecular formula is C22H25F4N3O3. The number of nitrogens with one attached hydrogen (secondary N) is 3. The van der Waals surface area contributed by atoms with Crippen LogP contribution < -0.4 is 20.7 Å². The Bertz CT molecular complexity index is 939. The highest BCUT2D eigenvalue weighted by Gasteiger charge is 2.38. The average Bonchev–Trinajstić information content (AvgIpc) is 2.68. The molecule has 0 radical (unpaired) electrons. The van der Waals surface area contributed by atoms with Gasteiger partial charge in [0.1, 0.15) is 18.2 Å². The van der Waals surface area contributed by atoms with Gasteiger partial charge in [0.05, 0.1) is 6.54 Å². The predicted molar refractivity (Wildman–Crippen MR) is 112 cm³/mol. The molecule has 0 fully saturated rings. The Morgan fingerprint density at radius 3 is 2.22 bits per heavy atom. The predicted octanol–water partition coefficient (Wildman–Crippen LogP) is 4.50. The second-order valence-corrected chi connectivity index (χ2v) is 8.03. The summed E-state index contributed by atoms with van der Waals surface area (Å²) < 4.78 is 56.0. The molecule has 0 atom stereocenters. The fraction of sp³-hybridized carbons (Fsp3) is 0.364. The minimum absolute atomic E-state index is 0.0254. The maximum Gasteiger partial charge on any atom is 0.471 e. The van der Waals surface area contributed by atoms with E-state index < -0.39 is 30.5 Å². The number of carbonyl (C=O) groups is 2. The number of alkyl halides is 3. The van der Waals surface area contributed by atoms with Crippen molar-refractivity contribution in [3.05, 3.63) is 59.4 Å². The van der Waals surface area contributed by atoms with Gasteiger partial charge in [0, 0.05) is 12.2 Å². The molecule has 0 spiro atoms. The number of rotatable bonds is 7. The smallest absolute Gasteiger partial charge is 0.471 e. The maximum atomic E-state index is 13.7. The van der Waals surface area contributed by atoms with E-state index in [0.717, 1.165) is 17.7 Å². The standard InChI is InChI=1S/C22H25F4N3O3/c1-21(2,3)15-4-6-18(7-5-15)32-9-8-27-20(31)29-17-11-14(10-16(23)12-17)13-28-19(30)22(24,25)26/h4-7,10-12H,8-9,13H2,1-3H3,(H,28,30)(H2,27,29,31). The third-order valence-corrected chi connectivity index (χ3v) is 4.30. The van der Waals surface area contributed by atoms with Gasteiger partial charge in [0.25, 0.3) is 0 Å². The summed E-state index contributed by atoms with van der Waals surface area (Å²) in [5.74, 6) is -2.26. The van der Waals surface area contributed by atoms with E-state index in [1.165, 1.54) is 6.07 Å². The average molecular weight is 455 g/mol. The Morgan fingerprint density at radius 1 is 0.969 bits per heavy atom. The van der Waals surface area contributed by atoms with Crippen LogP contribution in [-0.2, 0) is 16.8 Å². The summed E-state index contributed by atoms with van der Waals surface area (Å²) in [5.41, 5.74) is 1.27. The van der Waals surface area contributed by atoms with Crippen molar-refractivity contribution in [2.45, 2.75) is 38.9 Å². The van der Waals surface area contributed by atoms with Gasteiger partial charge in [-0.3, -0.25) is 4.79 Å². The molecule has 3 amide bonds. The molecule has 0 unspecified atom stereocenters. The van der Waals surface area contributed by atoms with Crippen LogP contribution >= 0.6 is 0 Å². The van der Waals surface area contributed by atoms with Crippen LogP contribution in [0.2, 0.25) is 0 Å². The molecule has 2 aromatic rings. The lowest BCUT2D eigenvalue weighted by Crippen LogP contribution is -2.36. The van der Waals surface area contributed by atoms with E-state index in [1.807, 2.05) is 24.3 Å². The van der Waals surface area contributed by atoms with Gasteiger partial charge in [-0.2, -0.15) is 13.2 Å². The lowest BCUT2D eigenvalue weighted by molar-refractivity contribution is -0.173. The number of carbonyl (C=O) groups excluding carboxylic acids is 2. The molecule has 2 rings (SSSR count). The number of ether oxygens (including phenoxy) is 1. The monoisotopic (exact) mass is 455 g/mol. The number of halogens is 4. The summed E-state index contributed by atoms with van der Waals surface area (Å²) in [7, 11) is 0. The summed E-state index contributed by atoms with van der Waals surface area (Å²) in [6.07, 6.45) is -5.04.